The van der Waals surface area contributed by atoms with Crippen molar-refractivity contribution < 1.29 is 8.42 Å². The molecule has 2 rings (SSSR count). The van der Waals surface area contributed by atoms with Crippen LogP contribution in [0.3, 0.4) is 0 Å². The molecule has 0 radical (unpaired) electrons. The number of sulfonamides is 1. The zero-order valence-corrected chi connectivity index (χ0v) is 14.9. The summed E-state index contributed by atoms with van der Waals surface area (Å²) in [6, 6.07) is 5.44. The van der Waals surface area contributed by atoms with Gasteiger partial charge in [-0.3, -0.25) is 0 Å². The molecular weight excluding hydrogens is 394 g/mol. The minimum Gasteiger partial charge on any atom is -0.207 e. The van der Waals surface area contributed by atoms with Gasteiger partial charge in [-0.05, 0) is 60.3 Å². The Kier molecular flexibility index (Phi) is 4.75. The van der Waals surface area contributed by atoms with Crippen LogP contribution in [0.5, 0.6) is 0 Å². The molecule has 0 aliphatic carbocycles. The molecule has 1 fully saturated rings. The van der Waals surface area contributed by atoms with Gasteiger partial charge in [0, 0.05) is 21.0 Å². The summed E-state index contributed by atoms with van der Waals surface area (Å²) in [5.74, 6) is 0. The third-order valence-corrected chi connectivity index (χ3v) is 7.19. The fraction of sp³-hybridized carbons (Fsp3) is 0.538. The highest BCUT2D eigenvalue weighted by molar-refractivity contribution is 9.11. The third kappa shape index (κ3) is 2.91. The van der Waals surface area contributed by atoms with E-state index in [1.807, 2.05) is 19.9 Å². The van der Waals surface area contributed by atoms with Gasteiger partial charge in [-0.2, -0.15) is 4.31 Å². The molecule has 2 atom stereocenters. The van der Waals surface area contributed by atoms with E-state index in [1.165, 1.54) is 0 Å². The molecule has 1 saturated heterocycles. The number of hydrogen-bond donors (Lipinski definition) is 0. The van der Waals surface area contributed by atoms with Crippen LogP contribution >= 0.6 is 31.9 Å². The summed E-state index contributed by atoms with van der Waals surface area (Å²) in [5.41, 5.74) is 0. The van der Waals surface area contributed by atoms with Gasteiger partial charge in [-0.1, -0.05) is 22.9 Å². The van der Waals surface area contributed by atoms with Gasteiger partial charge >= 0.3 is 0 Å². The molecule has 6 heteroatoms. The number of benzene rings is 1. The van der Waals surface area contributed by atoms with Gasteiger partial charge in [0.05, 0.1) is 4.90 Å². The van der Waals surface area contributed by atoms with Crippen LogP contribution in [0, 0.1) is 0 Å². The minimum absolute atomic E-state index is 0.0702. The molecule has 2 unspecified atom stereocenters. The van der Waals surface area contributed by atoms with Crippen molar-refractivity contribution in [3.63, 3.8) is 0 Å². The third-order valence-electron chi connectivity index (χ3n) is 3.63. The van der Waals surface area contributed by atoms with Gasteiger partial charge in [0.25, 0.3) is 0 Å². The van der Waals surface area contributed by atoms with Crippen LogP contribution in [0.2, 0.25) is 0 Å². The topological polar surface area (TPSA) is 37.4 Å². The maximum absolute atomic E-state index is 12.9. The van der Waals surface area contributed by atoms with E-state index in [0.29, 0.717) is 9.37 Å². The van der Waals surface area contributed by atoms with Crippen molar-refractivity contribution in [2.45, 2.75) is 50.1 Å². The molecule has 0 saturated carbocycles. The van der Waals surface area contributed by atoms with Crippen LogP contribution in [-0.2, 0) is 10.0 Å². The lowest BCUT2D eigenvalue weighted by atomic mass is 10.2. The predicted molar refractivity (Wildman–Crippen MR) is 83.6 cm³/mol. The number of rotatable bonds is 3. The Bertz CT molecular complexity index is 574. The first-order valence-corrected chi connectivity index (χ1v) is 9.39. The van der Waals surface area contributed by atoms with Gasteiger partial charge in [0.15, 0.2) is 0 Å². The molecule has 19 heavy (non-hydrogen) atoms. The Balaban J connectivity index is 2.50. The molecule has 0 aromatic heterocycles. The summed E-state index contributed by atoms with van der Waals surface area (Å²) in [7, 11) is -3.45. The Morgan fingerprint density at radius 2 is 2.00 bits per heavy atom. The monoisotopic (exact) mass is 409 g/mol. The highest BCUT2D eigenvalue weighted by Crippen LogP contribution is 2.35. The van der Waals surface area contributed by atoms with E-state index in [-0.39, 0.29) is 12.1 Å². The van der Waals surface area contributed by atoms with Gasteiger partial charge in [-0.15, -0.1) is 0 Å². The Labute approximate surface area is 131 Å². The number of nitrogens with zero attached hydrogens (tertiary/aromatic N) is 1. The van der Waals surface area contributed by atoms with Crippen molar-refractivity contribution in [3.8, 4) is 0 Å². The summed E-state index contributed by atoms with van der Waals surface area (Å²) in [4.78, 5) is 0.342. The molecule has 1 aromatic carbocycles. The normalized spacial score (nSPS) is 24.8. The van der Waals surface area contributed by atoms with Crippen molar-refractivity contribution in [1.29, 1.82) is 0 Å². The Morgan fingerprint density at radius 3 is 2.63 bits per heavy atom. The second kappa shape index (κ2) is 5.84. The molecule has 1 aliphatic heterocycles. The molecule has 1 heterocycles. The standard InChI is InChI=1S/C13H17Br2NO2S/c1-3-11-6-4-9(2)16(11)19(17,18)13-8-10(14)5-7-12(13)15/h5,7-9,11H,3-4,6H2,1-2H3. The van der Waals surface area contributed by atoms with Gasteiger partial charge in [0.2, 0.25) is 10.0 Å². The largest absolute Gasteiger partial charge is 0.244 e. The van der Waals surface area contributed by atoms with E-state index in [4.69, 9.17) is 0 Å². The first-order valence-electron chi connectivity index (χ1n) is 6.36. The second-order valence-corrected chi connectivity index (χ2v) is 8.48. The maximum Gasteiger partial charge on any atom is 0.244 e. The van der Waals surface area contributed by atoms with Crippen molar-refractivity contribution in [3.05, 3.63) is 27.1 Å². The lowest BCUT2D eigenvalue weighted by Crippen LogP contribution is -2.39. The number of hydrogen-bond acceptors (Lipinski definition) is 2. The SMILES string of the molecule is CCC1CCC(C)N1S(=O)(=O)c1cc(Br)ccc1Br. The van der Waals surface area contributed by atoms with Gasteiger partial charge in [0.1, 0.15) is 0 Å². The van der Waals surface area contributed by atoms with Crippen LogP contribution in [0.25, 0.3) is 0 Å². The molecule has 106 valence electrons. The zero-order chi connectivity index (χ0) is 14.2. The van der Waals surface area contributed by atoms with E-state index in [9.17, 15) is 8.42 Å². The second-order valence-electron chi connectivity index (χ2n) is 4.90. The van der Waals surface area contributed by atoms with Gasteiger partial charge in [-0.25, -0.2) is 8.42 Å². The van der Waals surface area contributed by atoms with Crippen LogP contribution in [0.1, 0.15) is 33.1 Å². The quantitative estimate of drug-likeness (QED) is 0.749. The highest BCUT2D eigenvalue weighted by atomic mass is 79.9. The lowest BCUT2D eigenvalue weighted by Gasteiger charge is -2.27. The fourth-order valence-corrected chi connectivity index (χ4v) is 6.07. The van der Waals surface area contributed by atoms with Crippen LogP contribution in [0.15, 0.2) is 32.0 Å². The molecule has 1 aliphatic rings. The van der Waals surface area contributed by atoms with Crippen LogP contribution in [0.4, 0.5) is 0 Å². The fourth-order valence-electron chi connectivity index (χ4n) is 2.65. The summed E-state index contributed by atoms with van der Waals surface area (Å²) >= 11 is 6.69. The summed E-state index contributed by atoms with van der Waals surface area (Å²) in [5, 5.41) is 0. The predicted octanol–water partition coefficient (Wildman–Crippen LogP) is 4.16. The smallest absolute Gasteiger partial charge is 0.207 e. The summed E-state index contributed by atoms with van der Waals surface area (Å²) in [6.45, 7) is 4.03. The average molecular weight is 411 g/mol. The van der Waals surface area contributed by atoms with Crippen LogP contribution in [-0.4, -0.2) is 24.8 Å². The van der Waals surface area contributed by atoms with E-state index < -0.39 is 10.0 Å². The zero-order valence-electron chi connectivity index (χ0n) is 10.9. The maximum atomic E-state index is 12.9. The van der Waals surface area contributed by atoms with Crippen LogP contribution < -0.4 is 0 Å². The van der Waals surface area contributed by atoms with E-state index >= 15 is 0 Å². The Hall–Kier alpha value is 0.0900. The average Bonchev–Trinajstić information content (AvgIpc) is 2.74. The molecule has 3 nitrogen and oxygen atoms in total. The minimum atomic E-state index is -3.45. The number of halogens is 2. The first kappa shape index (κ1) is 15.5. The van der Waals surface area contributed by atoms with E-state index in [1.54, 1.807) is 16.4 Å². The van der Waals surface area contributed by atoms with Crippen molar-refractivity contribution >= 4 is 41.9 Å². The van der Waals surface area contributed by atoms with Gasteiger partial charge < -0.3 is 0 Å². The molecule has 1 aromatic rings. The lowest BCUT2D eigenvalue weighted by molar-refractivity contribution is 0.328. The molecule has 0 bridgehead atoms. The first-order chi connectivity index (χ1) is 8.87. The highest BCUT2D eigenvalue weighted by Gasteiger charge is 2.39. The summed E-state index contributed by atoms with van der Waals surface area (Å²) < 4.78 is 28.8. The van der Waals surface area contributed by atoms with Crippen molar-refractivity contribution in [2.75, 3.05) is 0 Å². The Morgan fingerprint density at radius 1 is 1.32 bits per heavy atom. The molecule has 0 spiro atoms. The van der Waals surface area contributed by atoms with E-state index in [0.717, 1.165) is 23.7 Å². The van der Waals surface area contributed by atoms with E-state index in [2.05, 4.69) is 31.9 Å². The van der Waals surface area contributed by atoms with Crippen molar-refractivity contribution in [1.82, 2.24) is 4.31 Å². The summed E-state index contributed by atoms with van der Waals surface area (Å²) in [6.07, 6.45) is 2.74. The molecule has 0 N–H and O–H groups in total. The van der Waals surface area contributed by atoms with Crippen molar-refractivity contribution in [2.24, 2.45) is 0 Å². The molecular formula is C13H17Br2NO2S. The molecule has 0 amide bonds.